The molecule has 1 unspecified atom stereocenters. The van der Waals surface area contributed by atoms with Crippen molar-refractivity contribution in [2.75, 3.05) is 0 Å². The van der Waals surface area contributed by atoms with Gasteiger partial charge in [0.2, 0.25) is 5.91 Å². The number of pyridine rings is 1. The number of hydrogen-bond donors (Lipinski definition) is 1. The smallest absolute Gasteiger partial charge is 0.224 e. The highest BCUT2D eigenvalue weighted by Gasteiger charge is 2.45. The van der Waals surface area contributed by atoms with Gasteiger partial charge in [-0.05, 0) is 40.8 Å². The molecule has 26 heavy (non-hydrogen) atoms. The maximum atomic E-state index is 13.0. The summed E-state index contributed by atoms with van der Waals surface area (Å²) in [5.74, 6) is 0.581. The monoisotopic (exact) mass is 340 g/mol. The van der Waals surface area contributed by atoms with Crippen molar-refractivity contribution in [3.63, 3.8) is 0 Å². The van der Waals surface area contributed by atoms with Crippen molar-refractivity contribution >= 4 is 5.91 Å². The van der Waals surface area contributed by atoms with Gasteiger partial charge in [0.15, 0.2) is 0 Å². The Balaban J connectivity index is 1.47. The molecule has 3 aliphatic carbocycles. The fraction of sp³-hybridized carbons (Fsp3) is 0.217. The Morgan fingerprint density at radius 1 is 0.885 bits per heavy atom. The summed E-state index contributed by atoms with van der Waals surface area (Å²) >= 11 is 0. The van der Waals surface area contributed by atoms with Crippen molar-refractivity contribution in [2.24, 2.45) is 5.92 Å². The van der Waals surface area contributed by atoms with Gasteiger partial charge in [-0.2, -0.15) is 0 Å². The number of aromatic nitrogens is 1. The Labute approximate surface area is 153 Å². The van der Waals surface area contributed by atoms with Gasteiger partial charge in [-0.25, -0.2) is 0 Å². The lowest BCUT2D eigenvalue weighted by atomic mass is 9.59. The molecule has 6 rings (SSSR count). The number of benzene rings is 2. The third kappa shape index (κ3) is 2.35. The normalized spacial score (nSPS) is 22.4. The maximum absolute atomic E-state index is 13.0. The average molecular weight is 340 g/mol. The van der Waals surface area contributed by atoms with Crippen LogP contribution in [-0.2, 0) is 11.3 Å². The molecule has 0 saturated heterocycles. The lowest BCUT2D eigenvalue weighted by Gasteiger charge is -2.44. The summed E-state index contributed by atoms with van der Waals surface area (Å²) < 4.78 is 0. The summed E-state index contributed by atoms with van der Waals surface area (Å²) in [6.45, 7) is 0.483. The number of carbonyl (C=O) groups is 1. The molecule has 0 fully saturated rings. The number of fused-ring (bicyclic) bond motifs is 1. The fourth-order valence-corrected chi connectivity index (χ4v) is 4.71. The lowest BCUT2D eigenvalue weighted by molar-refractivity contribution is -0.126. The van der Waals surface area contributed by atoms with Crippen LogP contribution in [0.5, 0.6) is 0 Å². The summed E-state index contributed by atoms with van der Waals surface area (Å²) in [6.07, 6.45) is 2.64. The first-order valence-corrected chi connectivity index (χ1v) is 9.18. The summed E-state index contributed by atoms with van der Waals surface area (Å²) in [5, 5.41) is 3.11. The molecule has 3 nitrogen and oxygen atoms in total. The standard InChI is InChI=1S/C23H20N2O/c26-23(25-14-15-7-5-6-12-24-15)21-13-20-16-8-1-3-10-18(16)22(21)19-11-4-2-9-17(19)20/h1-12,20-22H,13-14H2,(H,25,26). The first-order chi connectivity index (χ1) is 12.8. The Morgan fingerprint density at radius 2 is 1.50 bits per heavy atom. The number of rotatable bonds is 3. The van der Waals surface area contributed by atoms with E-state index in [2.05, 4.69) is 58.8 Å². The molecule has 0 aliphatic heterocycles. The average Bonchev–Trinajstić information content (AvgIpc) is 2.73. The minimum Gasteiger partial charge on any atom is -0.350 e. The van der Waals surface area contributed by atoms with Crippen LogP contribution in [0.3, 0.4) is 0 Å². The van der Waals surface area contributed by atoms with Gasteiger partial charge in [0.1, 0.15) is 0 Å². The molecule has 2 aromatic carbocycles. The van der Waals surface area contributed by atoms with Crippen molar-refractivity contribution in [1.82, 2.24) is 10.3 Å². The highest BCUT2D eigenvalue weighted by atomic mass is 16.1. The maximum Gasteiger partial charge on any atom is 0.224 e. The van der Waals surface area contributed by atoms with Crippen LogP contribution in [0.25, 0.3) is 0 Å². The highest BCUT2D eigenvalue weighted by Crippen LogP contribution is 2.55. The summed E-state index contributed by atoms with van der Waals surface area (Å²) in [6, 6.07) is 23.0. The van der Waals surface area contributed by atoms with Crippen molar-refractivity contribution in [3.05, 3.63) is 101 Å². The number of amides is 1. The second-order valence-corrected chi connectivity index (χ2v) is 7.17. The largest absolute Gasteiger partial charge is 0.350 e. The molecule has 3 aliphatic rings. The molecule has 3 aromatic rings. The number of carbonyl (C=O) groups excluding carboxylic acids is 1. The number of nitrogens with one attached hydrogen (secondary N) is 1. The minimum atomic E-state index is -0.0199. The Kier molecular flexibility index (Phi) is 3.59. The molecule has 1 N–H and O–H groups in total. The summed E-state index contributed by atoms with van der Waals surface area (Å²) in [7, 11) is 0. The summed E-state index contributed by atoms with van der Waals surface area (Å²) in [4.78, 5) is 17.3. The predicted molar refractivity (Wildman–Crippen MR) is 101 cm³/mol. The molecule has 0 spiro atoms. The Morgan fingerprint density at radius 3 is 2.12 bits per heavy atom. The van der Waals surface area contributed by atoms with Gasteiger partial charge in [-0.3, -0.25) is 9.78 Å². The zero-order valence-electron chi connectivity index (χ0n) is 14.4. The van der Waals surface area contributed by atoms with Crippen LogP contribution in [0.15, 0.2) is 72.9 Å². The van der Waals surface area contributed by atoms with Gasteiger partial charge in [-0.15, -0.1) is 0 Å². The molecule has 0 saturated carbocycles. The molecule has 1 heterocycles. The van der Waals surface area contributed by atoms with Crippen molar-refractivity contribution in [3.8, 4) is 0 Å². The first-order valence-electron chi connectivity index (χ1n) is 9.18. The van der Waals surface area contributed by atoms with E-state index in [0.29, 0.717) is 12.5 Å². The van der Waals surface area contributed by atoms with Gasteiger partial charge >= 0.3 is 0 Å². The number of nitrogens with zero attached hydrogens (tertiary/aromatic N) is 1. The van der Waals surface area contributed by atoms with E-state index >= 15 is 0 Å². The van der Waals surface area contributed by atoms with Gasteiger partial charge < -0.3 is 5.32 Å². The molecule has 128 valence electrons. The van der Waals surface area contributed by atoms with Crippen LogP contribution < -0.4 is 5.32 Å². The van der Waals surface area contributed by atoms with E-state index in [9.17, 15) is 4.79 Å². The molecule has 1 atom stereocenters. The quantitative estimate of drug-likeness (QED) is 0.783. The molecule has 0 radical (unpaired) electrons. The summed E-state index contributed by atoms with van der Waals surface area (Å²) in [5.41, 5.74) is 6.32. The van der Waals surface area contributed by atoms with Crippen LogP contribution in [-0.4, -0.2) is 10.9 Å². The topological polar surface area (TPSA) is 42.0 Å². The van der Waals surface area contributed by atoms with E-state index in [1.54, 1.807) is 6.20 Å². The van der Waals surface area contributed by atoms with E-state index in [-0.39, 0.29) is 17.7 Å². The van der Waals surface area contributed by atoms with E-state index in [1.807, 2.05) is 18.2 Å². The third-order valence-corrected chi connectivity index (χ3v) is 5.81. The number of hydrogen-bond acceptors (Lipinski definition) is 2. The van der Waals surface area contributed by atoms with Crippen molar-refractivity contribution in [1.29, 1.82) is 0 Å². The lowest BCUT2D eigenvalue weighted by Crippen LogP contribution is -2.41. The van der Waals surface area contributed by atoms with Crippen molar-refractivity contribution < 1.29 is 4.79 Å². The SMILES string of the molecule is O=C(NCc1ccccn1)C1CC2c3ccccc3C1c1ccccc12. The Bertz CT molecular complexity index is 919. The van der Waals surface area contributed by atoms with E-state index in [4.69, 9.17) is 0 Å². The van der Waals surface area contributed by atoms with Gasteiger partial charge in [-0.1, -0.05) is 54.6 Å². The van der Waals surface area contributed by atoms with E-state index in [0.717, 1.165) is 12.1 Å². The van der Waals surface area contributed by atoms with Crippen LogP contribution in [0.4, 0.5) is 0 Å². The molecule has 1 aromatic heterocycles. The van der Waals surface area contributed by atoms with Crippen LogP contribution >= 0.6 is 0 Å². The van der Waals surface area contributed by atoms with Crippen LogP contribution in [0, 0.1) is 5.92 Å². The minimum absolute atomic E-state index is 0.0199. The van der Waals surface area contributed by atoms with Gasteiger partial charge in [0, 0.05) is 24.0 Å². The third-order valence-electron chi connectivity index (χ3n) is 5.81. The predicted octanol–water partition coefficient (Wildman–Crippen LogP) is 4.00. The van der Waals surface area contributed by atoms with E-state index in [1.165, 1.54) is 22.3 Å². The van der Waals surface area contributed by atoms with Crippen LogP contribution in [0.2, 0.25) is 0 Å². The van der Waals surface area contributed by atoms with Crippen molar-refractivity contribution in [2.45, 2.75) is 24.8 Å². The zero-order valence-corrected chi connectivity index (χ0v) is 14.4. The van der Waals surface area contributed by atoms with E-state index < -0.39 is 0 Å². The molecule has 1 amide bonds. The Hall–Kier alpha value is -2.94. The molecule has 3 heteroatoms. The molecular weight excluding hydrogens is 320 g/mol. The fourth-order valence-electron chi connectivity index (χ4n) is 4.71. The second kappa shape index (κ2) is 6.10. The molecular formula is C23H20N2O. The second-order valence-electron chi connectivity index (χ2n) is 7.17. The van der Waals surface area contributed by atoms with Gasteiger partial charge in [0.05, 0.1) is 12.2 Å². The first kappa shape index (κ1) is 15.3. The van der Waals surface area contributed by atoms with Crippen LogP contribution in [0.1, 0.15) is 46.2 Å². The highest BCUT2D eigenvalue weighted by molar-refractivity contribution is 5.82. The van der Waals surface area contributed by atoms with Gasteiger partial charge in [0.25, 0.3) is 0 Å². The zero-order chi connectivity index (χ0) is 17.5. The molecule has 2 bridgehead atoms.